The zero-order chi connectivity index (χ0) is 15.4. The standard InChI is InChI=1S/C15H21Cl2N3O/c1-9(11-4-3-5-18-8-11)7-13(21)20-14-10(2)6-12(16)19-15(14)17/h6,9,11,18H,3-5,7-8H2,1-2H3,(H,20,21). The predicted octanol–water partition coefficient (Wildman–Crippen LogP) is 3.66. The van der Waals surface area contributed by atoms with Crippen LogP contribution in [0.25, 0.3) is 0 Å². The van der Waals surface area contributed by atoms with E-state index in [0.717, 1.165) is 18.7 Å². The SMILES string of the molecule is Cc1cc(Cl)nc(Cl)c1NC(=O)CC(C)C1CCCNC1. The van der Waals surface area contributed by atoms with E-state index in [9.17, 15) is 4.79 Å². The molecular formula is C15H21Cl2N3O. The zero-order valence-electron chi connectivity index (χ0n) is 12.4. The van der Waals surface area contributed by atoms with E-state index in [2.05, 4.69) is 22.5 Å². The molecule has 0 aliphatic carbocycles. The molecule has 1 aromatic rings. The van der Waals surface area contributed by atoms with Gasteiger partial charge in [-0.25, -0.2) is 4.98 Å². The summed E-state index contributed by atoms with van der Waals surface area (Å²) in [7, 11) is 0. The van der Waals surface area contributed by atoms with Crippen molar-refractivity contribution in [3.8, 4) is 0 Å². The summed E-state index contributed by atoms with van der Waals surface area (Å²) in [5.41, 5.74) is 1.38. The smallest absolute Gasteiger partial charge is 0.224 e. The number of piperidine rings is 1. The topological polar surface area (TPSA) is 54.0 Å². The highest BCUT2D eigenvalue weighted by molar-refractivity contribution is 6.34. The minimum absolute atomic E-state index is 0.0257. The van der Waals surface area contributed by atoms with E-state index in [-0.39, 0.29) is 11.1 Å². The Bertz CT molecular complexity index is 493. The minimum Gasteiger partial charge on any atom is -0.323 e. The van der Waals surface area contributed by atoms with E-state index >= 15 is 0 Å². The molecule has 2 atom stereocenters. The second kappa shape index (κ2) is 7.43. The second-order valence-electron chi connectivity index (χ2n) is 5.76. The number of anilines is 1. The summed E-state index contributed by atoms with van der Waals surface area (Å²) >= 11 is 11.9. The summed E-state index contributed by atoms with van der Waals surface area (Å²) in [6.45, 7) is 6.06. The Morgan fingerprint density at radius 2 is 2.33 bits per heavy atom. The Labute approximate surface area is 135 Å². The Kier molecular flexibility index (Phi) is 5.85. The molecule has 2 unspecified atom stereocenters. The highest BCUT2D eigenvalue weighted by Crippen LogP contribution is 2.28. The molecule has 2 N–H and O–H groups in total. The maximum atomic E-state index is 12.2. The molecule has 1 aliphatic heterocycles. The fourth-order valence-corrected chi connectivity index (χ4v) is 3.34. The molecule has 1 saturated heterocycles. The van der Waals surface area contributed by atoms with Crippen molar-refractivity contribution in [2.75, 3.05) is 18.4 Å². The first-order valence-electron chi connectivity index (χ1n) is 7.30. The molecule has 0 aromatic carbocycles. The molecular weight excluding hydrogens is 309 g/mol. The van der Waals surface area contributed by atoms with Crippen molar-refractivity contribution in [1.29, 1.82) is 0 Å². The summed E-state index contributed by atoms with van der Waals surface area (Å²) in [6, 6.07) is 1.69. The Morgan fingerprint density at radius 3 is 2.95 bits per heavy atom. The summed E-state index contributed by atoms with van der Waals surface area (Å²) in [5, 5.41) is 6.82. The molecule has 2 rings (SSSR count). The van der Waals surface area contributed by atoms with Gasteiger partial charge in [0.25, 0.3) is 0 Å². The number of aromatic nitrogens is 1. The average molecular weight is 330 g/mol. The maximum Gasteiger partial charge on any atom is 0.224 e. The van der Waals surface area contributed by atoms with Gasteiger partial charge in [-0.1, -0.05) is 30.1 Å². The van der Waals surface area contributed by atoms with Gasteiger partial charge in [0.1, 0.15) is 5.15 Å². The number of rotatable bonds is 4. The van der Waals surface area contributed by atoms with Gasteiger partial charge in [-0.05, 0) is 56.3 Å². The lowest BCUT2D eigenvalue weighted by molar-refractivity contribution is -0.117. The van der Waals surface area contributed by atoms with E-state index in [0.29, 0.717) is 29.1 Å². The van der Waals surface area contributed by atoms with Crippen molar-refractivity contribution in [1.82, 2.24) is 10.3 Å². The highest BCUT2D eigenvalue weighted by Gasteiger charge is 2.22. The highest BCUT2D eigenvalue weighted by atomic mass is 35.5. The number of amides is 1. The van der Waals surface area contributed by atoms with Gasteiger partial charge in [-0.3, -0.25) is 4.79 Å². The number of hydrogen-bond acceptors (Lipinski definition) is 3. The number of nitrogens with one attached hydrogen (secondary N) is 2. The summed E-state index contributed by atoms with van der Waals surface area (Å²) < 4.78 is 0. The van der Waals surface area contributed by atoms with Crippen molar-refractivity contribution in [3.63, 3.8) is 0 Å². The Hall–Kier alpha value is -0.840. The Morgan fingerprint density at radius 1 is 1.57 bits per heavy atom. The van der Waals surface area contributed by atoms with Gasteiger partial charge >= 0.3 is 0 Å². The van der Waals surface area contributed by atoms with Crippen LogP contribution in [0.2, 0.25) is 10.3 Å². The van der Waals surface area contributed by atoms with E-state index < -0.39 is 0 Å². The van der Waals surface area contributed by atoms with Gasteiger partial charge in [0.05, 0.1) is 5.69 Å². The predicted molar refractivity (Wildman–Crippen MR) is 87.0 cm³/mol. The van der Waals surface area contributed by atoms with Crippen LogP contribution in [0.5, 0.6) is 0 Å². The van der Waals surface area contributed by atoms with Gasteiger partial charge in [0, 0.05) is 6.42 Å². The fraction of sp³-hybridized carbons (Fsp3) is 0.600. The quantitative estimate of drug-likeness (QED) is 0.829. The molecule has 1 amide bonds. The molecule has 0 radical (unpaired) electrons. The molecule has 4 nitrogen and oxygen atoms in total. The molecule has 2 heterocycles. The van der Waals surface area contributed by atoms with Crippen molar-refractivity contribution in [3.05, 3.63) is 21.9 Å². The van der Waals surface area contributed by atoms with E-state index in [4.69, 9.17) is 23.2 Å². The third kappa shape index (κ3) is 4.56. The van der Waals surface area contributed by atoms with Crippen molar-refractivity contribution in [2.24, 2.45) is 11.8 Å². The fourth-order valence-electron chi connectivity index (χ4n) is 2.76. The summed E-state index contributed by atoms with van der Waals surface area (Å²) in [4.78, 5) is 16.2. The van der Waals surface area contributed by atoms with Crippen LogP contribution in [0.4, 0.5) is 5.69 Å². The number of nitrogens with zero attached hydrogens (tertiary/aromatic N) is 1. The lowest BCUT2D eigenvalue weighted by atomic mass is 9.85. The normalized spacial score (nSPS) is 20.1. The monoisotopic (exact) mass is 329 g/mol. The van der Waals surface area contributed by atoms with Crippen LogP contribution in [0, 0.1) is 18.8 Å². The van der Waals surface area contributed by atoms with Crippen molar-refractivity contribution in [2.45, 2.75) is 33.1 Å². The van der Waals surface area contributed by atoms with E-state index in [1.807, 2.05) is 6.92 Å². The van der Waals surface area contributed by atoms with Crippen LogP contribution in [-0.4, -0.2) is 24.0 Å². The van der Waals surface area contributed by atoms with Gasteiger partial charge in [0.15, 0.2) is 5.15 Å². The lowest BCUT2D eigenvalue weighted by Crippen LogP contribution is -2.34. The molecule has 1 fully saturated rings. The second-order valence-corrected chi connectivity index (χ2v) is 6.51. The van der Waals surface area contributed by atoms with Gasteiger partial charge < -0.3 is 10.6 Å². The maximum absolute atomic E-state index is 12.2. The zero-order valence-corrected chi connectivity index (χ0v) is 13.9. The third-order valence-electron chi connectivity index (χ3n) is 4.05. The van der Waals surface area contributed by atoms with Crippen LogP contribution in [0.3, 0.4) is 0 Å². The number of carbonyl (C=O) groups excluding carboxylic acids is 1. The molecule has 0 saturated carbocycles. The van der Waals surface area contributed by atoms with Crippen LogP contribution in [-0.2, 0) is 4.79 Å². The van der Waals surface area contributed by atoms with E-state index in [1.54, 1.807) is 6.07 Å². The number of pyridine rings is 1. The average Bonchev–Trinajstić information content (AvgIpc) is 2.43. The number of carbonyl (C=O) groups is 1. The third-order valence-corrected chi connectivity index (χ3v) is 4.52. The lowest BCUT2D eigenvalue weighted by Gasteiger charge is -2.28. The first-order chi connectivity index (χ1) is 9.97. The summed E-state index contributed by atoms with van der Waals surface area (Å²) in [5.74, 6) is 0.878. The molecule has 1 aromatic heterocycles. The molecule has 1 aliphatic rings. The van der Waals surface area contributed by atoms with Gasteiger partial charge in [-0.2, -0.15) is 0 Å². The molecule has 6 heteroatoms. The van der Waals surface area contributed by atoms with Crippen LogP contribution < -0.4 is 10.6 Å². The van der Waals surface area contributed by atoms with Crippen LogP contribution >= 0.6 is 23.2 Å². The number of aryl methyl sites for hydroxylation is 1. The van der Waals surface area contributed by atoms with E-state index in [1.165, 1.54) is 12.8 Å². The molecule has 116 valence electrons. The van der Waals surface area contributed by atoms with Gasteiger partial charge in [-0.15, -0.1) is 0 Å². The van der Waals surface area contributed by atoms with Crippen LogP contribution in [0.15, 0.2) is 6.07 Å². The first kappa shape index (κ1) is 16.5. The summed E-state index contributed by atoms with van der Waals surface area (Å²) in [6.07, 6.45) is 2.86. The molecule has 0 spiro atoms. The van der Waals surface area contributed by atoms with Crippen molar-refractivity contribution >= 4 is 34.8 Å². The van der Waals surface area contributed by atoms with Gasteiger partial charge in [0.2, 0.25) is 5.91 Å². The molecule has 21 heavy (non-hydrogen) atoms. The Balaban J connectivity index is 1.95. The molecule has 0 bridgehead atoms. The number of halogens is 2. The minimum atomic E-state index is -0.0257. The first-order valence-corrected chi connectivity index (χ1v) is 8.06. The largest absolute Gasteiger partial charge is 0.323 e. The van der Waals surface area contributed by atoms with Crippen molar-refractivity contribution < 1.29 is 4.79 Å². The van der Waals surface area contributed by atoms with Crippen LogP contribution in [0.1, 0.15) is 31.7 Å². The number of hydrogen-bond donors (Lipinski definition) is 2.